The molecule has 4 rings (SSSR count). The number of anilines is 1. The Bertz CT molecular complexity index is 1050. The molecule has 0 radical (unpaired) electrons. The number of imide groups is 1. The second-order valence-corrected chi connectivity index (χ2v) is 6.60. The first kappa shape index (κ1) is 17.9. The quantitative estimate of drug-likeness (QED) is 0.557. The van der Waals surface area contributed by atoms with Crippen LogP contribution in [0, 0.1) is 5.92 Å². The van der Waals surface area contributed by atoms with Gasteiger partial charge in [0.15, 0.2) is 0 Å². The Kier molecular flexibility index (Phi) is 4.20. The number of carboxylic acids is 1. The lowest BCUT2D eigenvalue weighted by Crippen LogP contribution is -2.34. The summed E-state index contributed by atoms with van der Waals surface area (Å²) in [6.07, 6.45) is -1.24. The van der Waals surface area contributed by atoms with Gasteiger partial charge < -0.3 is 14.7 Å². The summed E-state index contributed by atoms with van der Waals surface area (Å²) in [6.45, 7) is 0. The van der Waals surface area contributed by atoms with Crippen molar-refractivity contribution in [1.29, 1.82) is 0 Å². The molecule has 2 atom stereocenters. The summed E-state index contributed by atoms with van der Waals surface area (Å²) in [5.41, 5.74) is 0.152. The van der Waals surface area contributed by atoms with Crippen LogP contribution in [0.5, 0.6) is 0 Å². The van der Waals surface area contributed by atoms with Gasteiger partial charge in [-0.2, -0.15) is 0 Å². The standard InChI is InChI=1S/C19H11ClN2O6/c20-11-5-1-9(2-6-11)15(23)14-13-16(28-21-14)18(25)22(17(13)24)12-7-3-10(4-8-12)19(26)27/h1-8,13,16H,(H,26,27)/p-1/t13-,16-/m0/s1. The predicted molar refractivity (Wildman–Crippen MR) is 94.8 cm³/mol. The Morgan fingerprint density at radius 3 is 2.18 bits per heavy atom. The van der Waals surface area contributed by atoms with Crippen molar-refractivity contribution < 1.29 is 29.1 Å². The maximum Gasteiger partial charge on any atom is 0.278 e. The molecular formula is C19H10ClN2O6-. The number of hydrogen-bond donors (Lipinski definition) is 0. The van der Waals surface area contributed by atoms with E-state index in [-0.39, 0.29) is 22.5 Å². The molecule has 140 valence electrons. The molecule has 2 amide bonds. The lowest BCUT2D eigenvalue weighted by molar-refractivity contribution is -0.255. The average Bonchev–Trinajstić information content (AvgIpc) is 3.22. The van der Waals surface area contributed by atoms with E-state index in [1.165, 1.54) is 48.5 Å². The number of aromatic carboxylic acids is 1. The van der Waals surface area contributed by atoms with E-state index in [1.807, 2.05) is 0 Å². The van der Waals surface area contributed by atoms with Crippen LogP contribution in [0.25, 0.3) is 0 Å². The Hall–Kier alpha value is -3.52. The van der Waals surface area contributed by atoms with E-state index in [0.717, 1.165) is 4.90 Å². The molecule has 2 heterocycles. The molecule has 0 bridgehead atoms. The van der Waals surface area contributed by atoms with Crippen molar-refractivity contribution >= 4 is 46.6 Å². The molecule has 0 N–H and O–H groups in total. The average molecular weight is 398 g/mol. The molecule has 0 aliphatic carbocycles. The minimum atomic E-state index is -1.38. The number of carboxylic acid groups (broad SMARTS) is 1. The number of carbonyl (C=O) groups is 4. The van der Waals surface area contributed by atoms with Gasteiger partial charge in [0.25, 0.3) is 5.91 Å². The summed E-state index contributed by atoms with van der Waals surface area (Å²) < 4.78 is 0. The normalized spacial score (nSPS) is 20.6. The zero-order valence-corrected chi connectivity index (χ0v) is 14.8. The molecule has 2 aliphatic rings. The van der Waals surface area contributed by atoms with E-state index in [4.69, 9.17) is 16.4 Å². The first-order valence-corrected chi connectivity index (χ1v) is 8.49. The van der Waals surface area contributed by atoms with E-state index >= 15 is 0 Å². The summed E-state index contributed by atoms with van der Waals surface area (Å²) >= 11 is 5.81. The van der Waals surface area contributed by atoms with Crippen LogP contribution in [0.3, 0.4) is 0 Å². The highest BCUT2D eigenvalue weighted by molar-refractivity contribution is 6.52. The topological polar surface area (TPSA) is 116 Å². The summed E-state index contributed by atoms with van der Waals surface area (Å²) in [6, 6.07) is 11.1. The predicted octanol–water partition coefficient (Wildman–Crippen LogP) is 0.831. The number of benzene rings is 2. The van der Waals surface area contributed by atoms with Crippen molar-refractivity contribution in [2.24, 2.45) is 11.1 Å². The van der Waals surface area contributed by atoms with Gasteiger partial charge >= 0.3 is 0 Å². The second-order valence-electron chi connectivity index (χ2n) is 6.16. The lowest BCUT2D eigenvalue weighted by Gasteiger charge is -2.16. The number of ketones is 1. The van der Waals surface area contributed by atoms with Crippen LogP contribution in [0.4, 0.5) is 5.69 Å². The van der Waals surface area contributed by atoms with Crippen molar-refractivity contribution in [3.63, 3.8) is 0 Å². The zero-order chi connectivity index (χ0) is 20.0. The van der Waals surface area contributed by atoms with Gasteiger partial charge in [0.1, 0.15) is 11.6 Å². The molecule has 0 aromatic heterocycles. The fourth-order valence-corrected chi connectivity index (χ4v) is 3.24. The summed E-state index contributed by atoms with van der Waals surface area (Å²) in [4.78, 5) is 55.0. The fraction of sp³-hybridized carbons (Fsp3) is 0.105. The molecule has 9 heteroatoms. The minimum absolute atomic E-state index is 0.0977. The van der Waals surface area contributed by atoms with Crippen LogP contribution in [0.1, 0.15) is 20.7 Å². The number of hydrogen-bond acceptors (Lipinski definition) is 7. The van der Waals surface area contributed by atoms with Crippen LogP contribution in [0.15, 0.2) is 53.7 Å². The number of oxime groups is 1. The van der Waals surface area contributed by atoms with Gasteiger partial charge in [0, 0.05) is 10.6 Å². The third-order valence-corrected chi connectivity index (χ3v) is 4.76. The molecule has 1 saturated heterocycles. The summed E-state index contributed by atoms with van der Waals surface area (Å²) in [5.74, 6) is -4.45. The number of halogens is 1. The van der Waals surface area contributed by atoms with E-state index in [0.29, 0.717) is 5.02 Å². The second kappa shape index (κ2) is 6.58. The Balaban J connectivity index is 1.63. The summed E-state index contributed by atoms with van der Waals surface area (Å²) in [5, 5.41) is 15.0. The lowest BCUT2D eigenvalue weighted by atomic mass is 9.93. The van der Waals surface area contributed by atoms with Gasteiger partial charge in [-0.15, -0.1) is 0 Å². The van der Waals surface area contributed by atoms with Crippen LogP contribution < -0.4 is 10.0 Å². The SMILES string of the molecule is O=C([O-])c1ccc(N2C(=O)[C@H]3C(C(=O)c4ccc(Cl)cc4)=NO[C@@H]3C2=O)cc1. The zero-order valence-electron chi connectivity index (χ0n) is 14.0. The summed E-state index contributed by atoms with van der Waals surface area (Å²) in [7, 11) is 0. The highest BCUT2D eigenvalue weighted by atomic mass is 35.5. The number of Topliss-reactive ketones (excluding diaryl/α,β-unsaturated/α-hetero) is 1. The molecule has 28 heavy (non-hydrogen) atoms. The number of nitrogens with zero attached hydrogens (tertiary/aromatic N) is 2. The highest BCUT2D eigenvalue weighted by Gasteiger charge is 2.57. The number of rotatable bonds is 4. The van der Waals surface area contributed by atoms with Crippen molar-refractivity contribution in [2.45, 2.75) is 6.10 Å². The van der Waals surface area contributed by atoms with Crippen molar-refractivity contribution in [2.75, 3.05) is 4.90 Å². The largest absolute Gasteiger partial charge is 0.545 e. The van der Waals surface area contributed by atoms with Gasteiger partial charge in [-0.05, 0) is 42.0 Å². The van der Waals surface area contributed by atoms with E-state index in [2.05, 4.69) is 5.16 Å². The van der Waals surface area contributed by atoms with Gasteiger partial charge in [0.2, 0.25) is 17.8 Å². The molecule has 0 unspecified atom stereocenters. The van der Waals surface area contributed by atoms with Crippen LogP contribution in [0.2, 0.25) is 5.02 Å². The highest BCUT2D eigenvalue weighted by Crippen LogP contribution is 2.34. The maximum absolute atomic E-state index is 12.9. The van der Waals surface area contributed by atoms with Gasteiger partial charge in [-0.3, -0.25) is 14.4 Å². The van der Waals surface area contributed by atoms with Crippen molar-refractivity contribution in [3.8, 4) is 0 Å². The molecule has 1 fully saturated rings. The fourth-order valence-electron chi connectivity index (χ4n) is 3.12. The molecule has 0 saturated carbocycles. The monoisotopic (exact) mass is 397 g/mol. The number of fused-ring (bicyclic) bond motifs is 1. The molecule has 2 aliphatic heterocycles. The van der Waals surface area contributed by atoms with Gasteiger partial charge in [-0.1, -0.05) is 28.9 Å². The minimum Gasteiger partial charge on any atom is -0.545 e. The third kappa shape index (κ3) is 2.74. The smallest absolute Gasteiger partial charge is 0.278 e. The molecule has 8 nitrogen and oxygen atoms in total. The number of amides is 2. The van der Waals surface area contributed by atoms with Crippen LogP contribution in [-0.4, -0.2) is 35.4 Å². The Morgan fingerprint density at radius 2 is 1.57 bits per heavy atom. The van der Waals surface area contributed by atoms with Crippen molar-refractivity contribution in [1.82, 2.24) is 0 Å². The van der Waals surface area contributed by atoms with Crippen LogP contribution in [-0.2, 0) is 14.4 Å². The van der Waals surface area contributed by atoms with E-state index in [9.17, 15) is 24.3 Å². The molecule has 2 aromatic carbocycles. The van der Waals surface area contributed by atoms with Gasteiger partial charge in [0.05, 0.1) is 11.7 Å². The van der Waals surface area contributed by atoms with E-state index < -0.39 is 35.6 Å². The van der Waals surface area contributed by atoms with Crippen LogP contribution >= 0.6 is 11.6 Å². The van der Waals surface area contributed by atoms with Crippen molar-refractivity contribution in [3.05, 3.63) is 64.7 Å². The number of carbonyl (C=O) groups excluding carboxylic acids is 4. The maximum atomic E-state index is 12.9. The van der Waals surface area contributed by atoms with E-state index in [1.54, 1.807) is 0 Å². The van der Waals surface area contributed by atoms with Gasteiger partial charge in [-0.25, -0.2) is 4.90 Å². The first-order valence-electron chi connectivity index (χ1n) is 8.11. The first-order chi connectivity index (χ1) is 13.4. The third-order valence-electron chi connectivity index (χ3n) is 4.51. The molecule has 0 spiro atoms. The Labute approximate surface area is 162 Å². The molecule has 2 aromatic rings. The molecular weight excluding hydrogens is 388 g/mol. The Morgan fingerprint density at radius 1 is 0.964 bits per heavy atom.